The molecule has 1 aliphatic rings. The molecule has 0 bridgehead atoms. The highest BCUT2D eigenvalue weighted by Crippen LogP contribution is 2.24. The third-order valence-corrected chi connectivity index (χ3v) is 4.29. The molecule has 0 aliphatic carbocycles. The number of carbonyl (C=O) groups excluding carboxylic acids is 1. The minimum absolute atomic E-state index is 0.00824. The van der Waals surface area contributed by atoms with Gasteiger partial charge in [0.1, 0.15) is 0 Å². The number of nitrogens with one attached hydrogen (secondary N) is 1. The van der Waals surface area contributed by atoms with Crippen LogP contribution in [-0.4, -0.2) is 50.5 Å². The van der Waals surface area contributed by atoms with Crippen LogP contribution in [-0.2, 0) is 13.5 Å². The number of aryl methyl sites for hydroxylation is 3. The van der Waals surface area contributed by atoms with Crippen LogP contribution in [0.3, 0.4) is 0 Å². The Morgan fingerprint density at radius 1 is 1.50 bits per heavy atom. The summed E-state index contributed by atoms with van der Waals surface area (Å²) >= 11 is 0. The van der Waals surface area contributed by atoms with Crippen molar-refractivity contribution < 1.29 is 9.32 Å². The van der Waals surface area contributed by atoms with Gasteiger partial charge < -0.3 is 14.7 Å². The molecule has 1 saturated heterocycles. The molecule has 3 heterocycles. The maximum absolute atomic E-state index is 12.3. The number of aromatic nitrogens is 4. The molecule has 0 aromatic carbocycles. The van der Waals surface area contributed by atoms with E-state index in [1.165, 1.54) is 5.56 Å². The monoisotopic (exact) mass is 332 g/mol. The lowest BCUT2D eigenvalue weighted by Gasteiger charge is -2.31. The van der Waals surface area contributed by atoms with E-state index >= 15 is 0 Å². The Labute approximate surface area is 141 Å². The van der Waals surface area contributed by atoms with Crippen LogP contribution in [0.1, 0.15) is 42.5 Å². The Hall–Kier alpha value is -2.38. The number of likely N-dealkylation sites (tertiary alicyclic amines) is 1. The molecule has 1 fully saturated rings. The van der Waals surface area contributed by atoms with Gasteiger partial charge in [-0.15, -0.1) is 0 Å². The number of piperidine rings is 1. The number of nitrogens with zero attached hydrogens (tertiary/aromatic N) is 5. The van der Waals surface area contributed by atoms with Gasteiger partial charge in [-0.05, 0) is 31.2 Å². The van der Waals surface area contributed by atoms with Crippen molar-refractivity contribution in [1.82, 2.24) is 30.1 Å². The molecule has 3 rings (SSSR count). The standard InChI is InChI=1S/C16H24N6O2/c1-12-19-15(20-24-12)14-6-4-8-22(11-14)16(23)17-7-3-5-13-9-18-21(2)10-13/h9-10,14H,3-8,11H2,1-2H3,(H,17,23). The van der Waals surface area contributed by atoms with E-state index < -0.39 is 0 Å². The van der Waals surface area contributed by atoms with Gasteiger partial charge in [0.2, 0.25) is 5.89 Å². The van der Waals surface area contributed by atoms with E-state index in [1.54, 1.807) is 11.6 Å². The molecule has 24 heavy (non-hydrogen) atoms. The Morgan fingerprint density at radius 2 is 2.38 bits per heavy atom. The van der Waals surface area contributed by atoms with Crippen molar-refractivity contribution in [2.45, 2.75) is 38.5 Å². The lowest BCUT2D eigenvalue weighted by molar-refractivity contribution is 0.177. The van der Waals surface area contributed by atoms with Crippen molar-refractivity contribution in [3.8, 4) is 0 Å². The Morgan fingerprint density at radius 3 is 3.08 bits per heavy atom. The third kappa shape index (κ3) is 4.12. The van der Waals surface area contributed by atoms with E-state index in [0.29, 0.717) is 24.8 Å². The topological polar surface area (TPSA) is 89.1 Å². The van der Waals surface area contributed by atoms with Crippen molar-refractivity contribution in [3.05, 3.63) is 29.7 Å². The van der Waals surface area contributed by atoms with Gasteiger partial charge >= 0.3 is 6.03 Å². The highest BCUT2D eigenvalue weighted by atomic mass is 16.5. The SMILES string of the molecule is Cc1nc(C2CCCN(C(=O)NCCCc3cnn(C)c3)C2)no1. The highest BCUT2D eigenvalue weighted by molar-refractivity contribution is 5.74. The quantitative estimate of drug-likeness (QED) is 0.841. The predicted molar refractivity (Wildman–Crippen MR) is 87.5 cm³/mol. The number of carbonyl (C=O) groups is 1. The summed E-state index contributed by atoms with van der Waals surface area (Å²) in [5, 5.41) is 11.1. The van der Waals surface area contributed by atoms with Crippen LogP contribution in [0.2, 0.25) is 0 Å². The second kappa shape index (κ2) is 7.46. The summed E-state index contributed by atoms with van der Waals surface area (Å²) in [5.74, 6) is 1.45. The molecule has 1 unspecified atom stereocenters. The summed E-state index contributed by atoms with van der Waals surface area (Å²) in [7, 11) is 1.91. The number of hydrogen-bond donors (Lipinski definition) is 1. The molecule has 1 atom stereocenters. The fraction of sp³-hybridized carbons (Fsp3) is 0.625. The average Bonchev–Trinajstić information content (AvgIpc) is 3.20. The van der Waals surface area contributed by atoms with Gasteiger partial charge in [-0.1, -0.05) is 5.16 Å². The van der Waals surface area contributed by atoms with Crippen molar-refractivity contribution in [2.75, 3.05) is 19.6 Å². The summed E-state index contributed by atoms with van der Waals surface area (Å²) in [6.07, 6.45) is 7.64. The number of amides is 2. The van der Waals surface area contributed by atoms with Gasteiger partial charge in [-0.3, -0.25) is 4.68 Å². The number of urea groups is 1. The molecule has 8 heteroatoms. The number of rotatable bonds is 5. The summed E-state index contributed by atoms with van der Waals surface area (Å²) in [5.41, 5.74) is 1.19. The first-order chi connectivity index (χ1) is 11.6. The molecule has 0 radical (unpaired) electrons. The fourth-order valence-corrected chi connectivity index (χ4v) is 3.05. The largest absolute Gasteiger partial charge is 0.340 e. The summed E-state index contributed by atoms with van der Waals surface area (Å²) in [6.45, 7) is 3.87. The summed E-state index contributed by atoms with van der Waals surface area (Å²) < 4.78 is 6.84. The smallest absolute Gasteiger partial charge is 0.317 e. The van der Waals surface area contributed by atoms with Gasteiger partial charge in [-0.25, -0.2) is 4.79 Å². The van der Waals surface area contributed by atoms with Crippen molar-refractivity contribution >= 4 is 6.03 Å². The van der Waals surface area contributed by atoms with E-state index in [9.17, 15) is 4.79 Å². The maximum Gasteiger partial charge on any atom is 0.317 e. The van der Waals surface area contributed by atoms with Crippen molar-refractivity contribution in [2.24, 2.45) is 7.05 Å². The zero-order valence-electron chi connectivity index (χ0n) is 14.2. The third-order valence-electron chi connectivity index (χ3n) is 4.29. The molecule has 2 aromatic heterocycles. The Balaban J connectivity index is 1.42. The fourth-order valence-electron chi connectivity index (χ4n) is 3.05. The van der Waals surface area contributed by atoms with E-state index in [0.717, 1.165) is 32.2 Å². The Kier molecular flexibility index (Phi) is 5.12. The van der Waals surface area contributed by atoms with Gasteiger partial charge in [0.05, 0.1) is 6.20 Å². The molecule has 1 N–H and O–H groups in total. The van der Waals surface area contributed by atoms with Gasteiger partial charge in [0, 0.05) is 45.7 Å². The molecule has 0 spiro atoms. The lowest BCUT2D eigenvalue weighted by Crippen LogP contribution is -2.45. The van der Waals surface area contributed by atoms with Crippen LogP contribution in [0, 0.1) is 6.92 Å². The van der Waals surface area contributed by atoms with Crippen LogP contribution in [0.4, 0.5) is 4.79 Å². The van der Waals surface area contributed by atoms with E-state index in [4.69, 9.17) is 4.52 Å². The molecule has 8 nitrogen and oxygen atoms in total. The normalized spacial score (nSPS) is 17.9. The molecule has 2 amide bonds. The predicted octanol–water partition coefficient (Wildman–Crippen LogP) is 1.63. The van der Waals surface area contributed by atoms with Gasteiger partial charge in [0.25, 0.3) is 0 Å². The van der Waals surface area contributed by atoms with Crippen LogP contribution in [0.5, 0.6) is 0 Å². The molecule has 1 aliphatic heterocycles. The zero-order valence-corrected chi connectivity index (χ0v) is 14.2. The van der Waals surface area contributed by atoms with Crippen LogP contribution in [0.25, 0.3) is 0 Å². The summed E-state index contributed by atoms with van der Waals surface area (Å²) in [6, 6.07) is -0.00824. The van der Waals surface area contributed by atoms with Gasteiger partial charge in [0.15, 0.2) is 5.82 Å². The minimum Gasteiger partial charge on any atom is -0.340 e. The zero-order chi connectivity index (χ0) is 16.9. The molecule has 2 aromatic rings. The highest BCUT2D eigenvalue weighted by Gasteiger charge is 2.27. The van der Waals surface area contributed by atoms with Crippen molar-refractivity contribution in [3.63, 3.8) is 0 Å². The van der Waals surface area contributed by atoms with E-state index in [2.05, 4.69) is 20.6 Å². The number of hydrogen-bond acceptors (Lipinski definition) is 5. The van der Waals surface area contributed by atoms with Crippen LogP contribution in [0.15, 0.2) is 16.9 Å². The first-order valence-electron chi connectivity index (χ1n) is 8.42. The van der Waals surface area contributed by atoms with Crippen LogP contribution >= 0.6 is 0 Å². The van der Waals surface area contributed by atoms with E-state index in [-0.39, 0.29) is 11.9 Å². The molecule has 0 saturated carbocycles. The molecule has 130 valence electrons. The second-order valence-electron chi connectivity index (χ2n) is 6.31. The minimum atomic E-state index is -0.00824. The lowest BCUT2D eigenvalue weighted by atomic mass is 9.98. The van der Waals surface area contributed by atoms with Crippen molar-refractivity contribution in [1.29, 1.82) is 0 Å². The average molecular weight is 332 g/mol. The second-order valence-corrected chi connectivity index (χ2v) is 6.31. The first-order valence-corrected chi connectivity index (χ1v) is 8.42. The molecular formula is C16H24N6O2. The summed E-state index contributed by atoms with van der Waals surface area (Å²) in [4.78, 5) is 18.5. The van der Waals surface area contributed by atoms with Gasteiger partial charge in [-0.2, -0.15) is 10.1 Å². The van der Waals surface area contributed by atoms with E-state index in [1.807, 2.05) is 24.3 Å². The first kappa shape index (κ1) is 16.5. The maximum atomic E-state index is 12.3. The molecular weight excluding hydrogens is 308 g/mol. The van der Waals surface area contributed by atoms with Crippen LogP contribution < -0.4 is 5.32 Å². The Bertz CT molecular complexity index is 680.